The van der Waals surface area contributed by atoms with Gasteiger partial charge in [0.05, 0.1) is 0 Å². The van der Waals surface area contributed by atoms with Gasteiger partial charge >= 0.3 is 5.97 Å². The molecule has 3 rings (SSSR count). The number of carboxylic acid groups (broad SMARTS) is 1. The average Bonchev–Trinajstić information content (AvgIpc) is 2.56. The van der Waals surface area contributed by atoms with Crippen molar-refractivity contribution in [2.45, 2.75) is 17.8 Å². The van der Waals surface area contributed by atoms with E-state index in [0.29, 0.717) is 6.54 Å². The van der Waals surface area contributed by atoms with E-state index in [1.807, 2.05) is 60.7 Å². The molecule has 0 bridgehead atoms. The average molecular weight is 281 g/mol. The van der Waals surface area contributed by atoms with Crippen molar-refractivity contribution >= 4 is 5.97 Å². The summed E-state index contributed by atoms with van der Waals surface area (Å²) in [5, 5.41) is 13.3. The lowest BCUT2D eigenvalue weighted by molar-refractivity contribution is -0.145. The highest BCUT2D eigenvalue weighted by Gasteiger charge is 2.49. The van der Waals surface area contributed by atoms with Crippen molar-refractivity contribution in [2.24, 2.45) is 0 Å². The van der Waals surface area contributed by atoms with Crippen molar-refractivity contribution in [3.63, 3.8) is 0 Å². The first-order valence-electron chi connectivity index (χ1n) is 7.30. The molecule has 0 aliphatic carbocycles. The quantitative estimate of drug-likeness (QED) is 0.909. The van der Waals surface area contributed by atoms with E-state index in [4.69, 9.17) is 0 Å². The molecule has 0 saturated carbocycles. The van der Waals surface area contributed by atoms with Crippen LogP contribution in [0.25, 0.3) is 0 Å². The number of carboxylic acids is 1. The molecule has 1 aliphatic heterocycles. The Balaban J connectivity index is 2.14. The molecule has 3 nitrogen and oxygen atoms in total. The molecule has 2 atom stereocenters. The molecule has 1 unspecified atom stereocenters. The molecule has 2 aromatic rings. The SMILES string of the molecule is O=C(O)[C@@]1(c2ccccc2)CNCCC1c1ccccc1. The molecule has 1 heterocycles. The van der Waals surface area contributed by atoms with Crippen molar-refractivity contribution in [2.75, 3.05) is 13.1 Å². The fraction of sp³-hybridized carbons (Fsp3) is 0.278. The third-order valence-corrected chi connectivity index (χ3v) is 4.48. The van der Waals surface area contributed by atoms with Crippen LogP contribution >= 0.6 is 0 Å². The van der Waals surface area contributed by atoms with Crippen molar-refractivity contribution in [1.29, 1.82) is 0 Å². The van der Waals surface area contributed by atoms with Crippen LogP contribution in [0.15, 0.2) is 60.7 Å². The number of hydrogen-bond acceptors (Lipinski definition) is 2. The number of hydrogen-bond donors (Lipinski definition) is 2. The van der Waals surface area contributed by atoms with Gasteiger partial charge in [-0.1, -0.05) is 60.7 Å². The maximum Gasteiger partial charge on any atom is 0.316 e. The maximum atomic E-state index is 12.2. The smallest absolute Gasteiger partial charge is 0.316 e. The van der Waals surface area contributed by atoms with Crippen LogP contribution < -0.4 is 5.32 Å². The molecule has 0 spiro atoms. The molecular weight excluding hydrogens is 262 g/mol. The number of rotatable bonds is 3. The van der Waals surface area contributed by atoms with Crippen LogP contribution in [0.2, 0.25) is 0 Å². The second-order valence-corrected chi connectivity index (χ2v) is 5.57. The Morgan fingerprint density at radius 3 is 2.29 bits per heavy atom. The fourth-order valence-corrected chi connectivity index (χ4v) is 3.43. The Kier molecular flexibility index (Phi) is 3.76. The Labute approximate surface area is 124 Å². The van der Waals surface area contributed by atoms with Gasteiger partial charge < -0.3 is 10.4 Å². The maximum absolute atomic E-state index is 12.2. The summed E-state index contributed by atoms with van der Waals surface area (Å²) in [6.45, 7) is 1.31. The summed E-state index contributed by atoms with van der Waals surface area (Å²) in [4.78, 5) is 12.2. The van der Waals surface area contributed by atoms with Gasteiger partial charge in [0, 0.05) is 12.5 Å². The molecule has 108 valence electrons. The summed E-state index contributed by atoms with van der Waals surface area (Å²) >= 11 is 0. The topological polar surface area (TPSA) is 49.3 Å². The Bertz CT molecular complexity index is 612. The van der Waals surface area contributed by atoms with Crippen molar-refractivity contribution < 1.29 is 9.90 Å². The van der Waals surface area contributed by atoms with Crippen LogP contribution in [0.3, 0.4) is 0 Å². The second kappa shape index (κ2) is 5.70. The first-order valence-corrected chi connectivity index (χ1v) is 7.30. The van der Waals surface area contributed by atoms with Gasteiger partial charge in [0.25, 0.3) is 0 Å². The van der Waals surface area contributed by atoms with E-state index in [9.17, 15) is 9.90 Å². The van der Waals surface area contributed by atoms with Gasteiger partial charge in [-0.15, -0.1) is 0 Å². The van der Waals surface area contributed by atoms with Crippen LogP contribution in [0.4, 0.5) is 0 Å². The third-order valence-electron chi connectivity index (χ3n) is 4.48. The Hall–Kier alpha value is -2.13. The molecule has 21 heavy (non-hydrogen) atoms. The molecule has 1 aliphatic rings. The lowest BCUT2D eigenvalue weighted by Gasteiger charge is -2.42. The van der Waals surface area contributed by atoms with Gasteiger partial charge in [0.1, 0.15) is 5.41 Å². The zero-order chi connectivity index (χ0) is 14.7. The predicted octanol–water partition coefficient (Wildman–Crippen LogP) is 2.79. The van der Waals surface area contributed by atoms with Crippen LogP contribution in [0.5, 0.6) is 0 Å². The monoisotopic (exact) mass is 281 g/mol. The van der Waals surface area contributed by atoms with Crippen LogP contribution in [0.1, 0.15) is 23.5 Å². The third kappa shape index (κ3) is 2.34. The molecule has 2 aromatic carbocycles. The lowest BCUT2D eigenvalue weighted by atomic mass is 9.64. The molecule has 1 fully saturated rings. The molecular formula is C18H19NO2. The van der Waals surface area contributed by atoms with E-state index >= 15 is 0 Å². The highest BCUT2D eigenvalue weighted by molar-refractivity contribution is 5.83. The molecule has 1 saturated heterocycles. The minimum Gasteiger partial charge on any atom is -0.481 e. The summed E-state index contributed by atoms with van der Waals surface area (Å²) < 4.78 is 0. The zero-order valence-electron chi connectivity index (χ0n) is 11.8. The van der Waals surface area contributed by atoms with Gasteiger partial charge in [-0.3, -0.25) is 4.79 Å². The standard InChI is InChI=1S/C18H19NO2/c20-17(21)18(15-9-5-2-6-10-15)13-19-12-11-16(18)14-7-3-1-4-8-14/h1-10,16,19H,11-13H2,(H,20,21)/t16?,18-/m1/s1. The van der Waals surface area contributed by atoms with E-state index in [-0.39, 0.29) is 5.92 Å². The zero-order valence-corrected chi connectivity index (χ0v) is 11.8. The molecule has 0 amide bonds. The van der Waals surface area contributed by atoms with Crippen molar-refractivity contribution in [3.05, 3.63) is 71.8 Å². The lowest BCUT2D eigenvalue weighted by Crippen LogP contribution is -2.53. The number of aliphatic carboxylic acids is 1. The van der Waals surface area contributed by atoms with E-state index in [1.165, 1.54) is 0 Å². The normalized spacial score (nSPS) is 25.4. The summed E-state index contributed by atoms with van der Waals surface area (Å²) in [6, 6.07) is 19.6. The van der Waals surface area contributed by atoms with E-state index < -0.39 is 11.4 Å². The van der Waals surface area contributed by atoms with E-state index in [1.54, 1.807) is 0 Å². The molecule has 0 aromatic heterocycles. The fourth-order valence-electron chi connectivity index (χ4n) is 3.43. The molecule has 3 heteroatoms. The summed E-state index contributed by atoms with van der Waals surface area (Å²) in [5.41, 5.74) is 1.07. The largest absolute Gasteiger partial charge is 0.481 e. The summed E-state index contributed by atoms with van der Waals surface area (Å²) in [5.74, 6) is -0.769. The van der Waals surface area contributed by atoms with Crippen LogP contribution in [-0.2, 0) is 10.2 Å². The predicted molar refractivity (Wildman–Crippen MR) is 82.4 cm³/mol. The number of benzene rings is 2. The highest BCUT2D eigenvalue weighted by Crippen LogP contribution is 2.43. The van der Waals surface area contributed by atoms with Gasteiger partial charge in [0.15, 0.2) is 0 Å². The van der Waals surface area contributed by atoms with E-state index in [2.05, 4.69) is 5.32 Å². The van der Waals surface area contributed by atoms with Crippen LogP contribution in [-0.4, -0.2) is 24.2 Å². The first kappa shape index (κ1) is 13.8. The number of nitrogens with one attached hydrogen (secondary N) is 1. The molecule has 2 N–H and O–H groups in total. The van der Waals surface area contributed by atoms with Crippen molar-refractivity contribution in [3.8, 4) is 0 Å². The Morgan fingerprint density at radius 1 is 1.05 bits per heavy atom. The molecule has 0 radical (unpaired) electrons. The van der Waals surface area contributed by atoms with Gasteiger partial charge in [-0.05, 0) is 24.1 Å². The first-order chi connectivity index (χ1) is 10.2. The minimum atomic E-state index is -0.902. The Morgan fingerprint density at radius 2 is 1.67 bits per heavy atom. The van der Waals surface area contributed by atoms with Gasteiger partial charge in [-0.2, -0.15) is 0 Å². The summed E-state index contributed by atoms with van der Waals surface area (Å²) in [6.07, 6.45) is 0.825. The van der Waals surface area contributed by atoms with E-state index in [0.717, 1.165) is 24.1 Å². The minimum absolute atomic E-state index is 0.0140. The summed E-state index contributed by atoms with van der Waals surface area (Å²) in [7, 11) is 0. The second-order valence-electron chi connectivity index (χ2n) is 5.57. The number of carbonyl (C=O) groups is 1. The van der Waals surface area contributed by atoms with Crippen LogP contribution in [0, 0.1) is 0 Å². The van der Waals surface area contributed by atoms with Crippen molar-refractivity contribution in [1.82, 2.24) is 5.32 Å². The highest BCUT2D eigenvalue weighted by atomic mass is 16.4. The van der Waals surface area contributed by atoms with Gasteiger partial charge in [-0.25, -0.2) is 0 Å². The van der Waals surface area contributed by atoms with Gasteiger partial charge in [0.2, 0.25) is 0 Å². The number of piperidine rings is 1.